The number of benzene rings is 2. The molecule has 38 heavy (non-hydrogen) atoms. The van der Waals surface area contributed by atoms with Crippen LogP contribution in [0, 0.1) is 13.8 Å². The van der Waals surface area contributed by atoms with Crippen LogP contribution in [0.2, 0.25) is 0 Å². The summed E-state index contributed by atoms with van der Waals surface area (Å²) < 4.78 is 40.8. The molecule has 0 spiro atoms. The van der Waals surface area contributed by atoms with Gasteiger partial charge in [-0.2, -0.15) is 9.40 Å². The van der Waals surface area contributed by atoms with Crippen molar-refractivity contribution in [2.45, 2.75) is 25.3 Å². The molecule has 5 rings (SSSR count). The fourth-order valence-electron chi connectivity index (χ4n) is 4.91. The van der Waals surface area contributed by atoms with Gasteiger partial charge in [-0.3, -0.25) is 9.48 Å². The number of sulfonamides is 1. The Bertz CT molecular complexity index is 1390. The molecule has 0 atom stereocenters. The maximum absolute atomic E-state index is 13.6. The molecule has 2 saturated heterocycles. The number of carbonyl (C=O) groups excluding carboxylic acids is 1. The van der Waals surface area contributed by atoms with E-state index in [2.05, 4.69) is 15.3 Å². The van der Waals surface area contributed by atoms with E-state index in [1.807, 2.05) is 48.9 Å². The molecule has 11 heteroatoms. The lowest BCUT2D eigenvalue weighted by atomic mass is 10.1. The van der Waals surface area contributed by atoms with Crippen molar-refractivity contribution in [3.8, 4) is 0 Å². The lowest BCUT2D eigenvalue weighted by molar-refractivity contribution is 0.0730. The highest BCUT2D eigenvalue weighted by Gasteiger charge is 2.29. The Hall–Kier alpha value is -3.25. The third kappa shape index (κ3) is 5.46. The van der Waals surface area contributed by atoms with E-state index in [4.69, 9.17) is 9.47 Å². The van der Waals surface area contributed by atoms with E-state index in [-0.39, 0.29) is 10.8 Å². The van der Waals surface area contributed by atoms with Gasteiger partial charge >= 0.3 is 0 Å². The largest absolute Gasteiger partial charge is 0.379 e. The van der Waals surface area contributed by atoms with Gasteiger partial charge in [0, 0.05) is 31.9 Å². The van der Waals surface area contributed by atoms with Crippen LogP contribution < -0.4 is 10.2 Å². The number of carbonyl (C=O) groups is 1. The zero-order chi connectivity index (χ0) is 26.7. The molecule has 202 valence electrons. The minimum Gasteiger partial charge on any atom is -0.379 e. The van der Waals surface area contributed by atoms with Crippen LogP contribution in [0.3, 0.4) is 0 Å². The molecule has 0 aliphatic carbocycles. The monoisotopic (exact) mass is 539 g/mol. The van der Waals surface area contributed by atoms with Gasteiger partial charge in [-0.15, -0.1) is 0 Å². The molecule has 2 aliphatic heterocycles. The fourth-order valence-corrected chi connectivity index (χ4v) is 6.35. The first-order valence-corrected chi connectivity index (χ1v) is 14.2. The van der Waals surface area contributed by atoms with Crippen molar-refractivity contribution in [1.29, 1.82) is 0 Å². The Kier molecular flexibility index (Phi) is 7.80. The zero-order valence-electron chi connectivity index (χ0n) is 21.7. The number of nitrogens with zero attached hydrogens (tertiary/aromatic N) is 4. The second kappa shape index (κ2) is 11.2. The van der Waals surface area contributed by atoms with E-state index in [9.17, 15) is 13.2 Å². The minimum absolute atomic E-state index is 0.139. The van der Waals surface area contributed by atoms with Crippen molar-refractivity contribution in [3.63, 3.8) is 0 Å². The third-order valence-electron chi connectivity index (χ3n) is 6.96. The summed E-state index contributed by atoms with van der Waals surface area (Å²) >= 11 is 0. The summed E-state index contributed by atoms with van der Waals surface area (Å²) in [5, 5.41) is 7.63. The van der Waals surface area contributed by atoms with E-state index in [1.54, 1.807) is 18.2 Å². The summed E-state index contributed by atoms with van der Waals surface area (Å²) in [5.74, 6) is -0.324. The van der Waals surface area contributed by atoms with Crippen LogP contribution in [-0.4, -0.2) is 81.0 Å². The first-order valence-electron chi connectivity index (χ1n) is 12.8. The fraction of sp³-hybridized carbons (Fsp3) is 0.407. The quantitative estimate of drug-likeness (QED) is 0.492. The SMILES string of the molecule is Cc1nn(Cc2ccccc2)c(C)c1C(=O)Nc1cc(S(=O)(=O)N2CCOCC2)ccc1N1CCOCC1. The van der Waals surface area contributed by atoms with Crippen LogP contribution in [0.5, 0.6) is 0 Å². The van der Waals surface area contributed by atoms with Gasteiger partial charge in [-0.05, 0) is 37.6 Å². The van der Waals surface area contributed by atoms with Crippen molar-refractivity contribution in [1.82, 2.24) is 14.1 Å². The van der Waals surface area contributed by atoms with Gasteiger partial charge in [0.2, 0.25) is 10.0 Å². The normalized spacial score (nSPS) is 16.9. The summed E-state index contributed by atoms with van der Waals surface area (Å²) in [7, 11) is -3.74. The number of amides is 1. The Morgan fingerprint density at radius 3 is 2.29 bits per heavy atom. The highest BCUT2D eigenvalue weighted by atomic mass is 32.2. The van der Waals surface area contributed by atoms with Crippen molar-refractivity contribution in [2.75, 3.05) is 62.8 Å². The first kappa shape index (κ1) is 26.4. The highest BCUT2D eigenvalue weighted by molar-refractivity contribution is 7.89. The topological polar surface area (TPSA) is 106 Å². The molecule has 1 N–H and O–H groups in total. The average molecular weight is 540 g/mol. The van der Waals surface area contributed by atoms with E-state index in [1.165, 1.54) is 4.31 Å². The van der Waals surface area contributed by atoms with Crippen molar-refractivity contribution < 1.29 is 22.7 Å². The summed E-state index contributed by atoms with van der Waals surface area (Å²) in [5.41, 5.74) is 4.13. The van der Waals surface area contributed by atoms with Gasteiger partial charge in [0.1, 0.15) is 0 Å². The predicted octanol–water partition coefficient (Wildman–Crippen LogP) is 2.66. The van der Waals surface area contributed by atoms with Gasteiger partial charge in [-0.1, -0.05) is 30.3 Å². The molecule has 1 amide bonds. The lowest BCUT2D eigenvalue weighted by Crippen LogP contribution is -2.40. The van der Waals surface area contributed by atoms with Crippen molar-refractivity contribution >= 4 is 27.3 Å². The lowest BCUT2D eigenvalue weighted by Gasteiger charge is -2.31. The summed E-state index contributed by atoms with van der Waals surface area (Å²) in [4.78, 5) is 15.9. The predicted molar refractivity (Wildman–Crippen MR) is 144 cm³/mol. The molecular weight excluding hydrogens is 506 g/mol. The number of nitrogens with one attached hydrogen (secondary N) is 1. The number of morpholine rings is 2. The van der Waals surface area contributed by atoms with Crippen LogP contribution in [0.25, 0.3) is 0 Å². The van der Waals surface area contributed by atoms with E-state index < -0.39 is 10.0 Å². The second-order valence-electron chi connectivity index (χ2n) is 9.44. The van der Waals surface area contributed by atoms with Gasteiger partial charge in [0.25, 0.3) is 5.91 Å². The van der Waals surface area contributed by atoms with Crippen LogP contribution >= 0.6 is 0 Å². The Labute approximate surface area is 223 Å². The van der Waals surface area contributed by atoms with Crippen molar-refractivity contribution in [2.24, 2.45) is 0 Å². The van der Waals surface area contributed by atoms with Crippen LogP contribution in [0.15, 0.2) is 53.4 Å². The third-order valence-corrected chi connectivity index (χ3v) is 8.85. The molecule has 1 aromatic heterocycles. The Morgan fingerprint density at radius 1 is 0.947 bits per heavy atom. The van der Waals surface area contributed by atoms with E-state index in [0.717, 1.165) is 16.9 Å². The molecule has 2 fully saturated rings. The number of ether oxygens (including phenoxy) is 2. The molecule has 0 bridgehead atoms. The summed E-state index contributed by atoms with van der Waals surface area (Å²) in [6, 6.07) is 14.9. The van der Waals surface area contributed by atoms with Crippen LogP contribution in [0.4, 0.5) is 11.4 Å². The molecule has 2 aromatic carbocycles. The Morgan fingerprint density at radius 2 is 1.61 bits per heavy atom. The molecule has 3 aromatic rings. The molecule has 2 aliphatic rings. The number of rotatable bonds is 7. The van der Waals surface area contributed by atoms with Gasteiger partial charge in [0.05, 0.1) is 60.5 Å². The molecule has 10 nitrogen and oxygen atoms in total. The number of aromatic nitrogens is 2. The van der Waals surface area contributed by atoms with Gasteiger partial charge in [0.15, 0.2) is 0 Å². The summed E-state index contributed by atoms with van der Waals surface area (Å²) in [6.45, 7) is 7.97. The highest BCUT2D eigenvalue weighted by Crippen LogP contribution is 2.32. The molecule has 3 heterocycles. The van der Waals surface area contributed by atoms with Crippen LogP contribution in [0.1, 0.15) is 27.3 Å². The maximum atomic E-state index is 13.6. The number of anilines is 2. The van der Waals surface area contributed by atoms with E-state index >= 15 is 0 Å². The smallest absolute Gasteiger partial charge is 0.259 e. The van der Waals surface area contributed by atoms with Crippen LogP contribution in [-0.2, 0) is 26.0 Å². The van der Waals surface area contributed by atoms with Gasteiger partial charge in [-0.25, -0.2) is 8.42 Å². The zero-order valence-corrected chi connectivity index (χ0v) is 22.5. The van der Waals surface area contributed by atoms with Gasteiger partial charge < -0.3 is 19.7 Å². The molecule has 0 saturated carbocycles. The standard InChI is InChI=1S/C27H33N5O5S/c1-20-26(21(2)32(29-20)19-22-6-4-3-5-7-22)27(33)28-24-18-23(38(34,35)31-12-16-37-17-13-31)8-9-25(24)30-10-14-36-15-11-30/h3-9,18H,10-17,19H2,1-2H3,(H,28,33). The minimum atomic E-state index is -3.74. The second-order valence-corrected chi connectivity index (χ2v) is 11.4. The molecular formula is C27H33N5O5S. The maximum Gasteiger partial charge on any atom is 0.259 e. The number of hydrogen-bond acceptors (Lipinski definition) is 7. The van der Waals surface area contributed by atoms with Crippen molar-refractivity contribution in [3.05, 3.63) is 71.0 Å². The molecule has 0 radical (unpaired) electrons. The molecule has 0 unspecified atom stereocenters. The van der Waals surface area contributed by atoms with E-state index in [0.29, 0.717) is 76.1 Å². The number of hydrogen-bond donors (Lipinski definition) is 1. The number of aryl methyl sites for hydroxylation is 1. The Balaban J connectivity index is 1.47. The summed E-state index contributed by atoms with van der Waals surface area (Å²) in [6.07, 6.45) is 0. The first-order chi connectivity index (χ1) is 18.3. The average Bonchev–Trinajstić information content (AvgIpc) is 3.22.